The molecule has 0 aliphatic carbocycles. The van der Waals surface area contributed by atoms with Crippen LogP contribution in [0.15, 0.2) is 41.3 Å². The number of hydrogen-bond donors (Lipinski definition) is 2. The number of methoxy groups -OCH3 is 3. The molecule has 0 aliphatic heterocycles. The van der Waals surface area contributed by atoms with E-state index in [1.54, 1.807) is 12.1 Å². The molecule has 1 atom stereocenters. The molecular weight excluding hydrogens is 396 g/mol. The van der Waals surface area contributed by atoms with Crippen LogP contribution >= 0.6 is 0 Å². The van der Waals surface area contributed by atoms with Gasteiger partial charge in [0.1, 0.15) is 0 Å². The molecule has 0 saturated heterocycles. The van der Waals surface area contributed by atoms with E-state index in [4.69, 9.17) is 14.2 Å². The molecular formula is C20H26N2O6S. The number of carbonyl (C=O) groups excluding carboxylic acids is 1. The summed E-state index contributed by atoms with van der Waals surface area (Å²) in [5, 5.41) is 0. The fraction of sp³-hybridized carbons (Fsp3) is 0.350. The number of carbonyl (C=O) groups is 1. The molecule has 2 rings (SSSR count). The van der Waals surface area contributed by atoms with E-state index < -0.39 is 15.9 Å². The molecule has 0 unspecified atom stereocenters. The Morgan fingerprint density at radius 2 is 1.55 bits per heavy atom. The molecule has 0 fully saturated rings. The predicted molar refractivity (Wildman–Crippen MR) is 109 cm³/mol. The number of hydrazine groups is 1. The number of nitrogens with one attached hydrogen (secondary N) is 2. The molecule has 0 saturated carbocycles. The van der Waals surface area contributed by atoms with E-state index in [2.05, 4.69) is 24.1 Å². The minimum atomic E-state index is -3.93. The lowest BCUT2D eigenvalue weighted by Gasteiger charge is -2.14. The Hall–Kier alpha value is -2.78. The largest absolute Gasteiger partial charge is 0.493 e. The lowest BCUT2D eigenvalue weighted by atomic mass is 9.99. The molecule has 2 aromatic rings. The first-order valence-corrected chi connectivity index (χ1v) is 10.5. The van der Waals surface area contributed by atoms with Gasteiger partial charge in [0.2, 0.25) is 5.75 Å². The Labute approximate surface area is 171 Å². The summed E-state index contributed by atoms with van der Waals surface area (Å²) in [6.07, 6.45) is 0.954. The van der Waals surface area contributed by atoms with Crippen molar-refractivity contribution in [2.75, 3.05) is 21.3 Å². The standard InChI is InChI=1S/C20H26N2O6S/c1-6-13(2)14-7-9-16(10-8-14)29(24,25)22-21-20(23)15-11-17(26-3)19(28-5)18(12-15)27-4/h7-13,22H,6H2,1-5H3,(H,21,23)/t13-/m1/s1. The summed E-state index contributed by atoms with van der Waals surface area (Å²) >= 11 is 0. The van der Waals surface area contributed by atoms with Gasteiger partial charge in [-0.25, -0.2) is 8.42 Å². The van der Waals surface area contributed by atoms with Gasteiger partial charge in [0.05, 0.1) is 26.2 Å². The third-order valence-corrected chi connectivity index (χ3v) is 5.86. The van der Waals surface area contributed by atoms with Crippen molar-refractivity contribution in [3.05, 3.63) is 47.5 Å². The van der Waals surface area contributed by atoms with Crippen molar-refractivity contribution in [3.8, 4) is 17.2 Å². The van der Waals surface area contributed by atoms with Gasteiger partial charge in [0.15, 0.2) is 11.5 Å². The van der Waals surface area contributed by atoms with Crippen molar-refractivity contribution >= 4 is 15.9 Å². The Morgan fingerprint density at radius 1 is 1.00 bits per heavy atom. The SMILES string of the molecule is CC[C@@H](C)c1ccc(S(=O)(=O)NNC(=O)c2cc(OC)c(OC)c(OC)c2)cc1. The van der Waals surface area contributed by atoms with Gasteiger partial charge in [-0.2, -0.15) is 0 Å². The molecule has 9 heteroatoms. The number of ether oxygens (including phenoxy) is 3. The zero-order valence-electron chi connectivity index (χ0n) is 17.1. The van der Waals surface area contributed by atoms with Crippen LogP contribution in [0.1, 0.15) is 42.1 Å². The molecule has 0 bridgehead atoms. The minimum absolute atomic E-state index is 0.0507. The van der Waals surface area contributed by atoms with Crippen LogP contribution in [-0.2, 0) is 10.0 Å². The van der Waals surface area contributed by atoms with Gasteiger partial charge in [-0.15, -0.1) is 4.83 Å². The molecule has 158 valence electrons. The lowest BCUT2D eigenvalue weighted by molar-refractivity contribution is 0.0944. The van der Waals surface area contributed by atoms with Crippen molar-refractivity contribution in [2.45, 2.75) is 31.1 Å². The van der Waals surface area contributed by atoms with Crippen LogP contribution in [0.4, 0.5) is 0 Å². The fourth-order valence-electron chi connectivity index (χ4n) is 2.67. The molecule has 2 aromatic carbocycles. The highest BCUT2D eigenvalue weighted by Gasteiger charge is 2.20. The number of sulfonamides is 1. The lowest BCUT2D eigenvalue weighted by Crippen LogP contribution is -2.41. The maximum Gasteiger partial charge on any atom is 0.266 e. The van der Waals surface area contributed by atoms with Gasteiger partial charge >= 0.3 is 0 Å². The third kappa shape index (κ3) is 5.18. The van der Waals surface area contributed by atoms with E-state index in [0.717, 1.165) is 12.0 Å². The molecule has 0 aliphatic rings. The van der Waals surface area contributed by atoms with Gasteiger partial charge in [-0.3, -0.25) is 10.2 Å². The van der Waals surface area contributed by atoms with E-state index in [-0.39, 0.29) is 22.0 Å². The average molecular weight is 423 g/mol. The monoisotopic (exact) mass is 422 g/mol. The maximum atomic E-state index is 12.5. The second-order valence-corrected chi connectivity index (χ2v) is 8.03. The van der Waals surface area contributed by atoms with E-state index in [0.29, 0.717) is 11.7 Å². The average Bonchev–Trinajstić information content (AvgIpc) is 2.75. The first-order valence-electron chi connectivity index (χ1n) is 8.99. The van der Waals surface area contributed by atoms with Crippen LogP contribution in [-0.4, -0.2) is 35.7 Å². The molecule has 0 spiro atoms. The van der Waals surface area contributed by atoms with E-state index in [1.807, 2.05) is 0 Å². The molecule has 1 amide bonds. The summed E-state index contributed by atoms with van der Waals surface area (Å²) in [7, 11) is 0.362. The second-order valence-electron chi connectivity index (χ2n) is 6.35. The quantitative estimate of drug-likeness (QED) is 0.603. The van der Waals surface area contributed by atoms with Gasteiger partial charge in [0.25, 0.3) is 15.9 Å². The first-order chi connectivity index (χ1) is 13.8. The summed E-state index contributed by atoms with van der Waals surface area (Å²) in [4.78, 5) is 14.6. The molecule has 0 aromatic heterocycles. The van der Waals surface area contributed by atoms with E-state index in [1.165, 1.54) is 45.6 Å². The highest BCUT2D eigenvalue weighted by molar-refractivity contribution is 7.89. The van der Waals surface area contributed by atoms with Gasteiger partial charge in [0, 0.05) is 5.56 Å². The van der Waals surface area contributed by atoms with Crippen LogP contribution in [0.2, 0.25) is 0 Å². The Balaban J connectivity index is 2.17. The molecule has 29 heavy (non-hydrogen) atoms. The summed E-state index contributed by atoms with van der Waals surface area (Å²) in [6, 6.07) is 9.40. The van der Waals surface area contributed by atoms with Crippen LogP contribution < -0.4 is 24.5 Å². The summed E-state index contributed by atoms with van der Waals surface area (Å²) in [6.45, 7) is 4.13. The zero-order valence-corrected chi connectivity index (χ0v) is 17.9. The van der Waals surface area contributed by atoms with Crippen LogP contribution in [0.5, 0.6) is 17.2 Å². The van der Waals surface area contributed by atoms with Crippen molar-refractivity contribution in [2.24, 2.45) is 0 Å². The predicted octanol–water partition coefficient (Wildman–Crippen LogP) is 2.85. The number of rotatable bonds is 9. The van der Waals surface area contributed by atoms with Crippen molar-refractivity contribution in [3.63, 3.8) is 0 Å². The smallest absolute Gasteiger partial charge is 0.266 e. The van der Waals surface area contributed by atoms with Crippen molar-refractivity contribution in [1.82, 2.24) is 10.3 Å². The number of benzene rings is 2. The highest BCUT2D eigenvalue weighted by atomic mass is 32.2. The summed E-state index contributed by atoms with van der Waals surface area (Å²) in [5.41, 5.74) is 3.38. The normalized spacial score (nSPS) is 12.2. The maximum absolute atomic E-state index is 12.5. The molecule has 0 heterocycles. The minimum Gasteiger partial charge on any atom is -0.493 e. The first kappa shape index (κ1) is 22.5. The molecule has 2 N–H and O–H groups in total. The Morgan fingerprint density at radius 3 is 2.00 bits per heavy atom. The van der Waals surface area contributed by atoms with Crippen LogP contribution in [0, 0.1) is 0 Å². The van der Waals surface area contributed by atoms with E-state index >= 15 is 0 Å². The third-order valence-electron chi connectivity index (χ3n) is 4.60. The molecule has 0 radical (unpaired) electrons. The Kier molecular flexibility index (Phi) is 7.46. The topological polar surface area (TPSA) is 103 Å². The fourth-order valence-corrected chi connectivity index (χ4v) is 3.51. The van der Waals surface area contributed by atoms with Gasteiger partial charge < -0.3 is 14.2 Å². The van der Waals surface area contributed by atoms with Crippen molar-refractivity contribution < 1.29 is 27.4 Å². The molecule has 8 nitrogen and oxygen atoms in total. The number of hydrogen-bond acceptors (Lipinski definition) is 6. The highest BCUT2D eigenvalue weighted by Crippen LogP contribution is 2.38. The van der Waals surface area contributed by atoms with Crippen LogP contribution in [0.25, 0.3) is 0 Å². The summed E-state index contributed by atoms with van der Waals surface area (Å²) in [5.74, 6) is 0.540. The second kappa shape index (κ2) is 9.62. The summed E-state index contributed by atoms with van der Waals surface area (Å²) < 4.78 is 40.5. The zero-order chi connectivity index (χ0) is 21.6. The van der Waals surface area contributed by atoms with Gasteiger partial charge in [-0.1, -0.05) is 26.0 Å². The Bertz CT molecular complexity index is 932. The van der Waals surface area contributed by atoms with Crippen molar-refractivity contribution in [1.29, 1.82) is 0 Å². The van der Waals surface area contributed by atoms with E-state index in [9.17, 15) is 13.2 Å². The van der Waals surface area contributed by atoms with Crippen LogP contribution in [0.3, 0.4) is 0 Å². The van der Waals surface area contributed by atoms with Gasteiger partial charge in [-0.05, 0) is 42.2 Å². The number of amides is 1.